The van der Waals surface area contributed by atoms with E-state index in [0.717, 1.165) is 22.5 Å². The topological polar surface area (TPSA) is 105 Å². The number of piperidine rings is 1. The van der Waals surface area contributed by atoms with Gasteiger partial charge in [0.15, 0.2) is 0 Å². The molecule has 1 aliphatic heterocycles. The maximum atomic E-state index is 13.5. The summed E-state index contributed by atoms with van der Waals surface area (Å²) in [7, 11) is 0. The third-order valence-corrected chi connectivity index (χ3v) is 6.22. The highest BCUT2D eigenvalue weighted by Crippen LogP contribution is 2.37. The molecule has 0 radical (unpaired) electrons. The number of nitrogens with zero attached hydrogens (tertiary/aromatic N) is 3. The van der Waals surface area contributed by atoms with Crippen LogP contribution in [0.2, 0.25) is 0 Å². The minimum atomic E-state index is -0.364. The summed E-state index contributed by atoms with van der Waals surface area (Å²) in [5.41, 5.74) is 11.8. The molecule has 0 atom stereocenters. The summed E-state index contributed by atoms with van der Waals surface area (Å²) in [4.78, 5) is 20.0. The fourth-order valence-electron chi connectivity index (χ4n) is 4.26. The number of amides is 1. The van der Waals surface area contributed by atoms with E-state index in [4.69, 9.17) is 10.7 Å². The Balaban J connectivity index is 1.99. The first-order chi connectivity index (χ1) is 14.2. The molecule has 0 spiro atoms. The zero-order chi connectivity index (χ0) is 21.7. The van der Waals surface area contributed by atoms with Crippen molar-refractivity contribution < 1.29 is 15.0 Å². The van der Waals surface area contributed by atoms with E-state index >= 15 is 0 Å². The first-order valence-corrected chi connectivity index (χ1v) is 10.3. The van der Waals surface area contributed by atoms with Gasteiger partial charge in [-0.3, -0.25) is 9.36 Å². The lowest BCUT2D eigenvalue weighted by Gasteiger charge is -2.29. The van der Waals surface area contributed by atoms with E-state index < -0.39 is 0 Å². The van der Waals surface area contributed by atoms with Crippen LogP contribution in [0.3, 0.4) is 0 Å². The van der Waals surface area contributed by atoms with Gasteiger partial charge in [0.1, 0.15) is 17.2 Å². The number of benzene rings is 1. The van der Waals surface area contributed by atoms with Crippen molar-refractivity contribution in [3.8, 4) is 11.4 Å². The van der Waals surface area contributed by atoms with Crippen LogP contribution >= 0.6 is 0 Å². The third-order valence-electron chi connectivity index (χ3n) is 6.22. The Morgan fingerprint density at radius 2 is 1.80 bits per heavy atom. The number of likely N-dealkylation sites (tertiary alicyclic amines) is 1. The summed E-state index contributed by atoms with van der Waals surface area (Å²) in [6, 6.07) is 5.45. The molecule has 0 bridgehead atoms. The van der Waals surface area contributed by atoms with Gasteiger partial charge < -0.3 is 20.8 Å². The largest absolute Gasteiger partial charge is 0.508 e. The number of fused-ring (bicyclic) bond motifs is 1. The summed E-state index contributed by atoms with van der Waals surface area (Å²) < 4.78 is 1.79. The Labute approximate surface area is 175 Å². The van der Waals surface area contributed by atoms with Gasteiger partial charge >= 0.3 is 0 Å². The van der Waals surface area contributed by atoms with E-state index in [2.05, 4.69) is 0 Å². The van der Waals surface area contributed by atoms with Crippen LogP contribution in [0.25, 0.3) is 16.7 Å². The van der Waals surface area contributed by atoms with Crippen LogP contribution in [0, 0.1) is 27.7 Å². The van der Waals surface area contributed by atoms with E-state index in [-0.39, 0.29) is 17.8 Å². The molecule has 7 heteroatoms. The molecule has 4 N–H and O–H groups in total. The van der Waals surface area contributed by atoms with E-state index in [1.165, 1.54) is 0 Å². The third kappa shape index (κ3) is 3.10. The van der Waals surface area contributed by atoms with E-state index in [0.29, 0.717) is 53.9 Å². The van der Waals surface area contributed by atoms with Crippen molar-refractivity contribution in [2.45, 2.75) is 46.6 Å². The first kappa shape index (κ1) is 20.2. The first-order valence-electron chi connectivity index (χ1n) is 10.3. The molecule has 3 heterocycles. The minimum Gasteiger partial charge on any atom is -0.508 e. The van der Waals surface area contributed by atoms with Crippen molar-refractivity contribution in [1.29, 1.82) is 0 Å². The van der Waals surface area contributed by atoms with Gasteiger partial charge in [0.25, 0.3) is 5.91 Å². The summed E-state index contributed by atoms with van der Waals surface area (Å²) in [5, 5.41) is 20.8. The van der Waals surface area contributed by atoms with Crippen LogP contribution in [0.1, 0.15) is 45.6 Å². The second-order valence-corrected chi connectivity index (χ2v) is 8.26. The number of hydrogen-bond acceptors (Lipinski definition) is 5. The normalized spacial score (nSPS) is 15.2. The maximum Gasteiger partial charge on any atom is 0.258 e. The van der Waals surface area contributed by atoms with Crippen LogP contribution in [-0.2, 0) is 0 Å². The van der Waals surface area contributed by atoms with Crippen molar-refractivity contribution in [3.63, 3.8) is 0 Å². The van der Waals surface area contributed by atoms with Gasteiger partial charge in [0.2, 0.25) is 0 Å². The zero-order valence-corrected chi connectivity index (χ0v) is 17.9. The van der Waals surface area contributed by atoms with Crippen molar-refractivity contribution in [1.82, 2.24) is 14.5 Å². The molecule has 3 aromatic rings. The van der Waals surface area contributed by atoms with Gasteiger partial charge in [-0.2, -0.15) is 0 Å². The van der Waals surface area contributed by atoms with Crippen molar-refractivity contribution in [3.05, 3.63) is 46.1 Å². The van der Waals surface area contributed by atoms with Crippen LogP contribution in [-0.4, -0.2) is 49.8 Å². The Bertz CT molecular complexity index is 1160. The number of phenols is 1. The van der Waals surface area contributed by atoms with Crippen LogP contribution < -0.4 is 5.73 Å². The van der Waals surface area contributed by atoms with Gasteiger partial charge in [-0.15, -0.1) is 0 Å². The summed E-state index contributed by atoms with van der Waals surface area (Å²) in [6.07, 6.45) is 0.758. The number of anilines is 1. The molecule has 1 amide bonds. The van der Waals surface area contributed by atoms with Crippen molar-refractivity contribution >= 4 is 22.8 Å². The molecule has 7 nitrogen and oxygen atoms in total. The maximum absolute atomic E-state index is 13.5. The number of aryl methyl sites for hydroxylation is 3. The average Bonchev–Trinajstić information content (AvgIpc) is 2.97. The lowest BCUT2D eigenvalue weighted by atomic mass is 10.1. The number of aromatic nitrogens is 2. The van der Waals surface area contributed by atoms with Crippen molar-refractivity contribution in [2.24, 2.45) is 0 Å². The number of nitrogen functional groups attached to an aromatic ring is 1. The Morgan fingerprint density at radius 1 is 1.13 bits per heavy atom. The number of phenolic OH excluding ortho intramolecular Hbond substituents is 1. The lowest BCUT2D eigenvalue weighted by molar-refractivity contribution is 0.0549. The highest BCUT2D eigenvalue weighted by molar-refractivity contribution is 6.11. The molecule has 0 aliphatic carbocycles. The van der Waals surface area contributed by atoms with E-state index in [1.54, 1.807) is 15.5 Å². The van der Waals surface area contributed by atoms with Gasteiger partial charge in [0.05, 0.1) is 17.4 Å². The summed E-state index contributed by atoms with van der Waals surface area (Å²) in [6.45, 7) is 8.66. The molecular weight excluding hydrogens is 380 g/mol. The molecule has 30 heavy (non-hydrogen) atoms. The number of carbonyl (C=O) groups is 1. The number of carbonyl (C=O) groups excluding carboxylic acids is 1. The Hall–Kier alpha value is -3.06. The van der Waals surface area contributed by atoms with Crippen LogP contribution in [0.15, 0.2) is 18.2 Å². The summed E-state index contributed by atoms with van der Waals surface area (Å²) in [5.74, 6) is 0.331. The number of pyridine rings is 1. The molecule has 1 fully saturated rings. The number of aliphatic hydroxyl groups excluding tert-OH is 1. The molecule has 158 valence electrons. The number of nitrogens with two attached hydrogens (primary N) is 1. The Morgan fingerprint density at radius 3 is 2.47 bits per heavy atom. The number of aliphatic hydroxyl groups is 1. The smallest absolute Gasteiger partial charge is 0.258 e. The van der Waals surface area contributed by atoms with Gasteiger partial charge in [-0.25, -0.2) is 4.98 Å². The van der Waals surface area contributed by atoms with E-state index in [1.807, 2.05) is 39.8 Å². The number of aromatic hydroxyl groups is 1. The second-order valence-electron chi connectivity index (χ2n) is 8.26. The predicted octanol–water partition coefficient (Wildman–Crippen LogP) is 3.14. The molecule has 1 saturated heterocycles. The monoisotopic (exact) mass is 408 g/mol. The fraction of sp³-hybridized carbons (Fsp3) is 0.391. The lowest BCUT2D eigenvalue weighted by Crippen LogP contribution is -2.40. The van der Waals surface area contributed by atoms with Crippen LogP contribution in [0.5, 0.6) is 5.75 Å². The SMILES string of the molecule is Cc1cc2c(C(=O)N3CCC(O)CC3)c(N)n(-c3c(C)ccc(O)c3C)c2nc1C. The molecule has 0 saturated carbocycles. The van der Waals surface area contributed by atoms with Crippen molar-refractivity contribution in [2.75, 3.05) is 18.8 Å². The van der Waals surface area contributed by atoms with Gasteiger partial charge in [-0.05, 0) is 63.8 Å². The minimum absolute atomic E-state index is 0.149. The summed E-state index contributed by atoms with van der Waals surface area (Å²) >= 11 is 0. The van der Waals surface area contributed by atoms with Crippen LogP contribution in [0.4, 0.5) is 5.82 Å². The number of hydrogen-bond donors (Lipinski definition) is 3. The molecular formula is C23H28N4O3. The average molecular weight is 409 g/mol. The second kappa shape index (κ2) is 7.32. The van der Waals surface area contributed by atoms with E-state index in [9.17, 15) is 15.0 Å². The standard InChI is InChI=1S/C23H28N4O3/c1-12-5-6-18(29)14(3)20(12)27-21(24)19(17-11-13(2)15(4)25-22(17)27)23(30)26-9-7-16(28)8-10-26/h5-6,11,16,28-29H,7-10,24H2,1-4H3. The quantitative estimate of drug-likeness (QED) is 0.604. The zero-order valence-electron chi connectivity index (χ0n) is 17.9. The Kier molecular flexibility index (Phi) is 4.94. The number of rotatable bonds is 2. The highest BCUT2D eigenvalue weighted by Gasteiger charge is 2.30. The molecule has 0 unspecified atom stereocenters. The highest BCUT2D eigenvalue weighted by atomic mass is 16.3. The fourth-order valence-corrected chi connectivity index (χ4v) is 4.26. The molecule has 4 rings (SSSR count). The predicted molar refractivity (Wildman–Crippen MR) is 117 cm³/mol. The van der Waals surface area contributed by atoms with Gasteiger partial charge in [0, 0.05) is 29.7 Å². The molecule has 1 aromatic carbocycles. The van der Waals surface area contributed by atoms with Gasteiger partial charge in [-0.1, -0.05) is 6.07 Å². The molecule has 1 aliphatic rings. The molecule has 2 aromatic heterocycles.